The Balaban J connectivity index is 0.00000131. The number of ether oxygens (including phenoxy) is 1. The molecular weight excluding hydrogens is 387 g/mol. The van der Waals surface area contributed by atoms with Crippen molar-refractivity contribution in [1.29, 1.82) is 0 Å². The van der Waals surface area contributed by atoms with Crippen LogP contribution in [0.2, 0.25) is 0 Å². The molecule has 1 amide bonds. The number of piperidine rings is 1. The van der Waals surface area contributed by atoms with Crippen molar-refractivity contribution < 1.29 is 9.53 Å². The summed E-state index contributed by atoms with van der Waals surface area (Å²) >= 11 is 0. The highest BCUT2D eigenvalue weighted by Gasteiger charge is 2.57. The summed E-state index contributed by atoms with van der Waals surface area (Å²) in [5.41, 5.74) is 1.00. The molecule has 2 aliphatic rings. The van der Waals surface area contributed by atoms with Gasteiger partial charge in [0.25, 0.3) is 0 Å². The van der Waals surface area contributed by atoms with E-state index in [0.29, 0.717) is 6.61 Å². The average molecular weight is 413 g/mol. The van der Waals surface area contributed by atoms with Gasteiger partial charge in [0.05, 0.1) is 18.6 Å². The molecule has 6 nitrogen and oxygen atoms in total. The van der Waals surface area contributed by atoms with Crippen molar-refractivity contribution in [3.63, 3.8) is 0 Å². The first-order valence-corrected chi connectivity index (χ1v) is 8.96. The molecule has 1 aliphatic carbocycles. The summed E-state index contributed by atoms with van der Waals surface area (Å²) in [7, 11) is 0. The molecule has 148 valence electrons. The number of aromatic nitrogens is 2. The van der Waals surface area contributed by atoms with Crippen LogP contribution in [0.25, 0.3) is 0 Å². The number of nitrogens with zero attached hydrogens (tertiary/aromatic N) is 2. The number of carbonyl (C=O) groups excluding carboxylic acids is 1. The summed E-state index contributed by atoms with van der Waals surface area (Å²) < 4.78 is 7.84. The lowest BCUT2D eigenvalue weighted by molar-refractivity contribution is -0.118. The van der Waals surface area contributed by atoms with Crippen LogP contribution in [0.3, 0.4) is 0 Å². The third-order valence-electron chi connectivity index (χ3n) is 5.42. The highest BCUT2D eigenvalue weighted by atomic mass is 35.5. The zero-order valence-corrected chi connectivity index (χ0v) is 16.7. The predicted octanol–water partition coefficient (Wildman–Crippen LogP) is 3.13. The third-order valence-corrected chi connectivity index (χ3v) is 5.42. The van der Waals surface area contributed by atoms with Gasteiger partial charge in [0, 0.05) is 18.3 Å². The van der Waals surface area contributed by atoms with Crippen LogP contribution < -0.4 is 15.4 Å². The van der Waals surface area contributed by atoms with E-state index < -0.39 is 0 Å². The maximum atomic E-state index is 12.7. The molecular formula is C19H26Cl2N4O2. The molecule has 2 aromatic rings. The van der Waals surface area contributed by atoms with E-state index in [2.05, 4.69) is 15.6 Å². The average Bonchev–Trinajstić information content (AvgIpc) is 3.07. The molecule has 1 saturated heterocycles. The van der Waals surface area contributed by atoms with Crippen LogP contribution in [0.4, 0.5) is 5.69 Å². The number of anilines is 1. The van der Waals surface area contributed by atoms with E-state index in [-0.39, 0.29) is 42.1 Å². The quantitative estimate of drug-likeness (QED) is 0.764. The number of imidazole rings is 1. The molecule has 1 saturated carbocycles. The molecule has 1 atom stereocenters. The standard InChI is InChI=1S/C19H24N4O2.2ClH/c24-18(15-13-19(15)5-7-20-8-6-19)22-16-3-1-2-4-17(16)25-12-11-23-10-9-21-14-23;;/h1-4,9-10,14-15,20H,5-8,11-13H2,(H,22,24);2*1H. The van der Waals surface area contributed by atoms with Gasteiger partial charge in [-0.2, -0.15) is 0 Å². The van der Waals surface area contributed by atoms with Crippen molar-refractivity contribution >= 4 is 36.4 Å². The van der Waals surface area contributed by atoms with Gasteiger partial charge in [0.15, 0.2) is 0 Å². The molecule has 27 heavy (non-hydrogen) atoms. The first-order valence-electron chi connectivity index (χ1n) is 8.96. The van der Waals surface area contributed by atoms with Crippen LogP contribution in [0.1, 0.15) is 19.3 Å². The van der Waals surface area contributed by atoms with Gasteiger partial charge in [-0.05, 0) is 49.9 Å². The number of amides is 1. The Hall–Kier alpha value is -1.76. The van der Waals surface area contributed by atoms with E-state index in [0.717, 1.165) is 50.3 Å². The Labute approximate surface area is 171 Å². The van der Waals surface area contributed by atoms with Crippen molar-refractivity contribution in [2.45, 2.75) is 25.8 Å². The molecule has 1 aromatic carbocycles. The van der Waals surface area contributed by atoms with E-state index >= 15 is 0 Å². The summed E-state index contributed by atoms with van der Waals surface area (Å²) in [5, 5.41) is 6.46. The molecule has 4 rings (SSSR count). The van der Waals surface area contributed by atoms with E-state index in [4.69, 9.17) is 4.74 Å². The lowest BCUT2D eigenvalue weighted by Crippen LogP contribution is -2.31. The number of hydrogen-bond donors (Lipinski definition) is 2. The Bertz CT molecular complexity index is 733. The van der Waals surface area contributed by atoms with Crippen LogP contribution in [0.5, 0.6) is 5.75 Å². The Morgan fingerprint density at radius 3 is 2.81 bits per heavy atom. The number of rotatable bonds is 6. The first kappa shape index (κ1) is 21.5. The van der Waals surface area contributed by atoms with Gasteiger partial charge in [-0.15, -0.1) is 24.8 Å². The van der Waals surface area contributed by atoms with E-state index in [1.54, 1.807) is 12.5 Å². The van der Waals surface area contributed by atoms with Crippen LogP contribution in [-0.4, -0.2) is 35.2 Å². The maximum Gasteiger partial charge on any atom is 0.228 e. The van der Waals surface area contributed by atoms with E-state index in [1.165, 1.54) is 0 Å². The van der Waals surface area contributed by atoms with Gasteiger partial charge in [-0.1, -0.05) is 12.1 Å². The molecule has 2 heterocycles. The van der Waals surface area contributed by atoms with Crippen LogP contribution in [0, 0.1) is 11.3 Å². The Morgan fingerprint density at radius 1 is 1.30 bits per heavy atom. The highest BCUT2D eigenvalue weighted by molar-refractivity contribution is 5.96. The lowest BCUT2D eigenvalue weighted by Gasteiger charge is -2.23. The van der Waals surface area contributed by atoms with Crippen molar-refractivity contribution in [2.75, 3.05) is 25.0 Å². The normalized spacial score (nSPS) is 19.5. The number of para-hydroxylation sites is 2. The number of hydrogen-bond acceptors (Lipinski definition) is 4. The second-order valence-electron chi connectivity index (χ2n) is 7.00. The molecule has 1 aromatic heterocycles. The van der Waals surface area contributed by atoms with E-state index in [1.807, 2.05) is 35.0 Å². The second kappa shape index (κ2) is 9.44. The van der Waals surface area contributed by atoms with Crippen molar-refractivity contribution in [3.05, 3.63) is 43.0 Å². The largest absolute Gasteiger partial charge is 0.490 e. The minimum Gasteiger partial charge on any atom is -0.490 e. The fraction of sp³-hybridized carbons (Fsp3) is 0.474. The topological polar surface area (TPSA) is 68.2 Å². The maximum absolute atomic E-state index is 12.7. The number of carbonyl (C=O) groups is 1. The number of benzene rings is 1. The molecule has 1 unspecified atom stereocenters. The van der Waals surface area contributed by atoms with Crippen LogP contribution in [0.15, 0.2) is 43.0 Å². The molecule has 8 heteroatoms. The van der Waals surface area contributed by atoms with Gasteiger partial charge in [0.2, 0.25) is 5.91 Å². The fourth-order valence-electron chi connectivity index (χ4n) is 3.79. The molecule has 2 N–H and O–H groups in total. The lowest BCUT2D eigenvalue weighted by atomic mass is 9.92. The molecule has 0 bridgehead atoms. The summed E-state index contributed by atoms with van der Waals surface area (Å²) in [4.78, 5) is 16.7. The SMILES string of the molecule is Cl.Cl.O=C(Nc1ccccc1OCCn1ccnc1)C1CC12CCNCC2. The number of halogens is 2. The van der Waals surface area contributed by atoms with Crippen molar-refractivity contribution in [3.8, 4) is 5.75 Å². The zero-order valence-electron chi connectivity index (χ0n) is 15.1. The van der Waals surface area contributed by atoms with Gasteiger partial charge < -0.3 is 19.9 Å². The molecule has 1 aliphatic heterocycles. The van der Waals surface area contributed by atoms with Gasteiger partial charge in [0.1, 0.15) is 12.4 Å². The Kier molecular flexibility index (Phi) is 7.53. The van der Waals surface area contributed by atoms with Crippen molar-refractivity contribution in [2.24, 2.45) is 11.3 Å². The zero-order chi connectivity index (χ0) is 17.1. The van der Waals surface area contributed by atoms with Crippen molar-refractivity contribution in [1.82, 2.24) is 14.9 Å². The number of nitrogens with one attached hydrogen (secondary N) is 2. The van der Waals surface area contributed by atoms with Gasteiger partial charge >= 0.3 is 0 Å². The third kappa shape index (κ3) is 4.94. The van der Waals surface area contributed by atoms with E-state index in [9.17, 15) is 4.79 Å². The summed E-state index contributed by atoms with van der Waals surface area (Å²) in [5.74, 6) is 0.997. The molecule has 1 spiro atoms. The van der Waals surface area contributed by atoms with Gasteiger partial charge in [-0.25, -0.2) is 4.98 Å². The van der Waals surface area contributed by atoms with Gasteiger partial charge in [-0.3, -0.25) is 4.79 Å². The second-order valence-corrected chi connectivity index (χ2v) is 7.00. The molecule has 0 radical (unpaired) electrons. The first-order chi connectivity index (χ1) is 12.3. The summed E-state index contributed by atoms with van der Waals surface area (Å²) in [6.07, 6.45) is 8.65. The Morgan fingerprint density at radius 2 is 2.07 bits per heavy atom. The minimum atomic E-state index is 0. The van der Waals surface area contributed by atoms with Crippen LogP contribution >= 0.6 is 24.8 Å². The molecule has 2 fully saturated rings. The predicted molar refractivity (Wildman–Crippen MR) is 110 cm³/mol. The smallest absolute Gasteiger partial charge is 0.228 e. The summed E-state index contributed by atoms with van der Waals surface area (Å²) in [6, 6.07) is 7.65. The fourth-order valence-corrected chi connectivity index (χ4v) is 3.79. The summed E-state index contributed by atoms with van der Waals surface area (Å²) in [6.45, 7) is 3.30. The highest BCUT2D eigenvalue weighted by Crippen LogP contribution is 2.58. The van der Waals surface area contributed by atoms with Crippen LogP contribution in [-0.2, 0) is 11.3 Å². The minimum absolute atomic E-state index is 0. The monoisotopic (exact) mass is 412 g/mol.